The lowest BCUT2D eigenvalue weighted by Gasteiger charge is -2.20. The molecule has 0 unspecified atom stereocenters. The van der Waals surface area contributed by atoms with E-state index in [0.717, 1.165) is 37.4 Å². The van der Waals surface area contributed by atoms with E-state index in [-0.39, 0.29) is 0 Å². The summed E-state index contributed by atoms with van der Waals surface area (Å²) in [7, 11) is 0. The van der Waals surface area contributed by atoms with E-state index < -0.39 is 22.8 Å². The first-order valence-corrected chi connectivity index (χ1v) is 9.27. The lowest BCUT2D eigenvalue weighted by Crippen LogP contribution is -2.25. The Labute approximate surface area is 156 Å². The van der Waals surface area contributed by atoms with E-state index in [1.807, 2.05) is 31.2 Å². The summed E-state index contributed by atoms with van der Waals surface area (Å²) >= 11 is 0. The van der Waals surface area contributed by atoms with Crippen molar-refractivity contribution in [2.24, 2.45) is 11.8 Å². The van der Waals surface area contributed by atoms with Crippen LogP contribution in [-0.4, -0.2) is 47.3 Å². The van der Waals surface area contributed by atoms with Crippen molar-refractivity contribution in [1.82, 2.24) is 10.3 Å². The molecule has 0 saturated carbocycles. The van der Waals surface area contributed by atoms with Crippen molar-refractivity contribution in [2.75, 3.05) is 31.1 Å². The SMILES string of the molecule is CCc1c(-c2ccc(N3C[C@H]4CNC[C@H]4C3)cc2)[nH]c(=O)c(C(=O)O)c1O. The third kappa shape index (κ3) is 2.98. The van der Waals surface area contributed by atoms with Gasteiger partial charge in [-0.1, -0.05) is 19.1 Å². The molecule has 2 saturated heterocycles. The second-order valence-electron chi connectivity index (χ2n) is 7.32. The Morgan fingerprint density at radius 2 is 1.81 bits per heavy atom. The minimum Gasteiger partial charge on any atom is -0.506 e. The molecule has 7 heteroatoms. The number of fused-ring (bicyclic) bond motifs is 1. The van der Waals surface area contributed by atoms with Crippen molar-refractivity contribution in [2.45, 2.75) is 13.3 Å². The molecule has 2 aliphatic rings. The number of carboxylic acids is 1. The van der Waals surface area contributed by atoms with Crippen molar-refractivity contribution in [1.29, 1.82) is 0 Å². The van der Waals surface area contributed by atoms with Crippen LogP contribution >= 0.6 is 0 Å². The number of hydrogen-bond donors (Lipinski definition) is 4. The molecule has 0 amide bonds. The van der Waals surface area contributed by atoms with Crippen LogP contribution in [0.2, 0.25) is 0 Å². The number of carbonyl (C=O) groups is 1. The van der Waals surface area contributed by atoms with Crippen LogP contribution in [0.4, 0.5) is 5.69 Å². The van der Waals surface area contributed by atoms with E-state index in [9.17, 15) is 14.7 Å². The summed E-state index contributed by atoms with van der Waals surface area (Å²) in [4.78, 5) is 28.4. The number of benzene rings is 1. The number of aromatic hydroxyl groups is 1. The number of rotatable bonds is 4. The van der Waals surface area contributed by atoms with Crippen LogP contribution in [0.1, 0.15) is 22.8 Å². The van der Waals surface area contributed by atoms with Crippen molar-refractivity contribution >= 4 is 11.7 Å². The van der Waals surface area contributed by atoms with Crippen molar-refractivity contribution in [3.05, 3.63) is 45.7 Å². The van der Waals surface area contributed by atoms with Gasteiger partial charge in [-0.2, -0.15) is 0 Å². The largest absolute Gasteiger partial charge is 0.506 e. The van der Waals surface area contributed by atoms with Crippen LogP contribution in [0.25, 0.3) is 11.3 Å². The molecule has 0 radical (unpaired) electrons. The Hall–Kier alpha value is -2.80. The van der Waals surface area contributed by atoms with Gasteiger partial charge in [-0.15, -0.1) is 0 Å². The highest BCUT2D eigenvalue weighted by molar-refractivity contribution is 5.92. The highest BCUT2D eigenvalue weighted by Crippen LogP contribution is 2.33. The molecule has 27 heavy (non-hydrogen) atoms. The van der Waals surface area contributed by atoms with Gasteiger partial charge in [0.1, 0.15) is 5.75 Å². The highest BCUT2D eigenvalue weighted by atomic mass is 16.4. The maximum absolute atomic E-state index is 12.1. The number of anilines is 1. The first-order chi connectivity index (χ1) is 13.0. The number of carboxylic acid groups (broad SMARTS) is 1. The molecule has 0 bridgehead atoms. The standard InChI is InChI=1S/C20H23N3O4/c1-2-15-17(22-19(25)16(18(15)24)20(26)27)11-3-5-14(6-4-11)23-9-12-7-21-8-13(12)10-23/h3-6,12-13,21H,2,7-10H2,1H3,(H,26,27)(H2,22,24,25)/t12-,13+. The van der Waals surface area contributed by atoms with Crippen LogP contribution < -0.4 is 15.8 Å². The van der Waals surface area contributed by atoms with E-state index >= 15 is 0 Å². The van der Waals surface area contributed by atoms with Gasteiger partial charge in [-0.05, 0) is 36.0 Å². The first-order valence-electron chi connectivity index (χ1n) is 9.27. The van der Waals surface area contributed by atoms with E-state index in [1.54, 1.807) is 0 Å². The summed E-state index contributed by atoms with van der Waals surface area (Å²) < 4.78 is 0. The molecule has 4 N–H and O–H groups in total. The Morgan fingerprint density at radius 1 is 1.19 bits per heavy atom. The molecule has 1 aromatic heterocycles. The molecular formula is C20H23N3O4. The quantitative estimate of drug-likeness (QED) is 0.653. The molecule has 2 aromatic rings. The highest BCUT2D eigenvalue weighted by Gasteiger charge is 2.36. The molecule has 2 aliphatic heterocycles. The van der Waals surface area contributed by atoms with Crippen LogP contribution in [0, 0.1) is 11.8 Å². The van der Waals surface area contributed by atoms with Gasteiger partial charge < -0.3 is 25.4 Å². The fourth-order valence-corrected chi connectivity index (χ4v) is 4.32. The minimum absolute atomic E-state index is 0.405. The summed E-state index contributed by atoms with van der Waals surface area (Å²) in [5.41, 5.74) is 1.39. The topological polar surface area (TPSA) is 106 Å². The molecule has 0 aliphatic carbocycles. The van der Waals surface area contributed by atoms with Gasteiger partial charge >= 0.3 is 5.97 Å². The Kier molecular flexibility index (Phi) is 4.39. The van der Waals surface area contributed by atoms with Crippen LogP contribution in [0.3, 0.4) is 0 Å². The average Bonchev–Trinajstić information content (AvgIpc) is 3.23. The number of H-pyrrole nitrogens is 1. The maximum atomic E-state index is 12.1. The van der Waals surface area contributed by atoms with Gasteiger partial charge in [0, 0.05) is 37.4 Å². The predicted octanol–water partition coefficient (Wildman–Crippen LogP) is 1.66. The first kappa shape index (κ1) is 17.6. The van der Waals surface area contributed by atoms with Crippen LogP contribution in [-0.2, 0) is 6.42 Å². The van der Waals surface area contributed by atoms with E-state index in [1.165, 1.54) is 0 Å². The third-order valence-corrected chi connectivity index (χ3v) is 5.77. The maximum Gasteiger partial charge on any atom is 0.345 e. The zero-order chi connectivity index (χ0) is 19.1. The molecule has 1 aromatic carbocycles. The van der Waals surface area contributed by atoms with E-state index in [2.05, 4.69) is 15.2 Å². The molecule has 2 atom stereocenters. The zero-order valence-electron chi connectivity index (χ0n) is 15.2. The Balaban J connectivity index is 1.66. The number of nitrogens with zero attached hydrogens (tertiary/aromatic N) is 1. The normalized spacial score (nSPS) is 21.4. The summed E-state index contributed by atoms with van der Waals surface area (Å²) in [5, 5.41) is 22.9. The van der Waals surface area contributed by atoms with Gasteiger partial charge in [0.25, 0.3) is 5.56 Å². The number of nitrogens with one attached hydrogen (secondary N) is 2. The van der Waals surface area contributed by atoms with Crippen LogP contribution in [0.15, 0.2) is 29.1 Å². The zero-order valence-corrected chi connectivity index (χ0v) is 15.2. The van der Waals surface area contributed by atoms with Gasteiger partial charge in [0.05, 0.1) is 5.69 Å². The predicted molar refractivity (Wildman–Crippen MR) is 103 cm³/mol. The summed E-state index contributed by atoms with van der Waals surface area (Å²) in [6.45, 7) is 6.06. The lowest BCUT2D eigenvalue weighted by atomic mass is 10.0. The molecule has 142 valence electrons. The van der Waals surface area contributed by atoms with Gasteiger partial charge in [-0.25, -0.2) is 4.79 Å². The van der Waals surface area contributed by atoms with Crippen molar-refractivity contribution in [3.8, 4) is 17.0 Å². The smallest absolute Gasteiger partial charge is 0.345 e. The Morgan fingerprint density at radius 3 is 2.37 bits per heavy atom. The molecule has 0 spiro atoms. The second-order valence-corrected chi connectivity index (χ2v) is 7.32. The van der Waals surface area contributed by atoms with Crippen molar-refractivity contribution < 1.29 is 15.0 Å². The third-order valence-electron chi connectivity index (χ3n) is 5.77. The molecule has 2 fully saturated rings. The fourth-order valence-electron chi connectivity index (χ4n) is 4.32. The lowest BCUT2D eigenvalue weighted by molar-refractivity contribution is 0.0691. The summed E-state index contributed by atoms with van der Waals surface area (Å²) in [6.07, 6.45) is 0.405. The number of hydrogen-bond acceptors (Lipinski definition) is 5. The molecule has 7 nitrogen and oxygen atoms in total. The van der Waals surface area contributed by atoms with E-state index in [0.29, 0.717) is 29.5 Å². The van der Waals surface area contributed by atoms with Crippen molar-refractivity contribution in [3.63, 3.8) is 0 Å². The van der Waals surface area contributed by atoms with Gasteiger partial charge in [-0.3, -0.25) is 4.79 Å². The second kappa shape index (κ2) is 6.74. The molecule has 4 rings (SSSR count). The number of aromatic amines is 1. The average molecular weight is 369 g/mol. The van der Waals surface area contributed by atoms with Gasteiger partial charge in [0.2, 0.25) is 0 Å². The molecule has 3 heterocycles. The van der Waals surface area contributed by atoms with E-state index in [4.69, 9.17) is 5.11 Å². The monoisotopic (exact) mass is 369 g/mol. The number of aromatic carboxylic acids is 1. The number of aromatic nitrogens is 1. The summed E-state index contributed by atoms with van der Waals surface area (Å²) in [6, 6.07) is 7.85. The Bertz CT molecular complexity index is 923. The summed E-state index contributed by atoms with van der Waals surface area (Å²) in [5.74, 6) is -0.478. The fraction of sp³-hybridized carbons (Fsp3) is 0.400. The molecular weight excluding hydrogens is 346 g/mol. The van der Waals surface area contributed by atoms with Crippen LogP contribution in [0.5, 0.6) is 5.75 Å². The minimum atomic E-state index is -1.43. The van der Waals surface area contributed by atoms with Gasteiger partial charge in [0.15, 0.2) is 5.56 Å². The number of pyridine rings is 1.